The summed E-state index contributed by atoms with van der Waals surface area (Å²) in [5.41, 5.74) is 7.32. The van der Waals surface area contributed by atoms with Crippen LogP contribution in [-0.2, 0) is 24.3 Å². The summed E-state index contributed by atoms with van der Waals surface area (Å²) in [6.45, 7) is 21.0. The lowest BCUT2D eigenvalue weighted by molar-refractivity contribution is -0.128. The molecule has 402 valence electrons. The van der Waals surface area contributed by atoms with Gasteiger partial charge in [0.25, 0.3) is 5.91 Å². The van der Waals surface area contributed by atoms with Crippen molar-refractivity contribution in [1.82, 2.24) is 49.6 Å². The number of likely N-dealkylation sites (tertiary alicyclic amines) is 1. The number of amides is 2. The van der Waals surface area contributed by atoms with Crippen LogP contribution < -0.4 is 19.9 Å². The molecule has 3 fully saturated rings. The van der Waals surface area contributed by atoms with Gasteiger partial charge in [-0.15, -0.1) is 10.2 Å². The molecule has 3 saturated heterocycles. The van der Waals surface area contributed by atoms with E-state index in [9.17, 15) is 25.1 Å². The van der Waals surface area contributed by atoms with Crippen molar-refractivity contribution in [2.24, 2.45) is 0 Å². The second-order valence-electron chi connectivity index (χ2n) is 21.3. The van der Waals surface area contributed by atoms with Crippen LogP contribution in [0.25, 0.3) is 27.8 Å². The van der Waals surface area contributed by atoms with Gasteiger partial charge in [0.1, 0.15) is 23.9 Å². The van der Waals surface area contributed by atoms with Crippen LogP contribution in [0.1, 0.15) is 84.5 Å². The van der Waals surface area contributed by atoms with Crippen molar-refractivity contribution in [2.45, 2.75) is 90.5 Å². The van der Waals surface area contributed by atoms with Gasteiger partial charge in [0.15, 0.2) is 5.82 Å². The second kappa shape index (κ2) is 22.9. The molecule has 6 aromatic rings. The summed E-state index contributed by atoms with van der Waals surface area (Å²) in [7, 11) is 2.21. The monoisotopic (exact) mass is 1040 g/mol. The molecule has 2 amide bonds. The lowest BCUT2D eigenvalue weighted by atomic mass is 9.98. The molecule has 3 N–H and O–H groups in total. The van der Waals surface area contributed by atoms with Crippen LogP contribution in [0.2, 0.25) is 0 Å². The molecule has 3 atom stereocenters. The van der Waals surface area contributed by atoms with E-state index in [-0.39, 0.29) is 53.6 Å². The largest absolute Gasteiger partial charge is 0.508 e. The summed E-state index contributed by atoms with van der Waals surface area (Å²) in [4.78, 5) is 50.3. The first kappa shape index (κ1) is 52.8. The van der Waals surface area contributed by atoms with Gasteiger partial charge in [-0.05, 0) is 98.5 Å². The average Bonchev–Trinajstić information content (AvgIpc) is 4.04. The van der Waals surface area contributed by atoms with Crippen molar-refractivity contribution < 1.29 is 24.5 Å². The maximum atomic E-state index is 13.2. The van der Waals surface area contributed by atoms with E-state index in [0.717, 1.165) is 87.7 Å². The zero-order chi connectivity index (χ0) is 53.9. The molecular weight excluding hydrogens is 971 g/mol. The summed E-state index contributed by atoms with van der Waals surface area (Å²) in [5, 5.41) is 45.2. The lowest BCUT2D eigenvalue weighted by Gasteiger charge is -2.42. The molecule has 0 bridgehead atoms. The predicted octanol–water partition coefficient (Wildman–Crippen LogP) is 6.81. The average molecular weight is 1040 g/mol. The van der Waals surface area contributed by atoms with Crippen molar-refractivity contribution in [3.05, 3.63) is 119 Å². The van der Waals surface area contributed by atoms with Crippen molar-refractivity contribution >= 4 is 34.1 Å². The Balaban J connectivity index is 0.780. The van der Waals surface area contributed by atoms with Crippen LogP contribution in [0, 0.1) is 18.3 Å². The summed E-state index contributed by atoms with van der Waals surface area (Å²) in [6, 6.07) is 27.0. The second-order valence-corrected chi connectivity index (χ2v) is 21.3. The Morgan fingerprint density at radius 1 is 0.896 bits per heavy atom. The maximum absolute atomic E-state index is 13.2. The fourth-order valence-electron chi connectivity index (χ4n) is 11.9. The molecule has 0 unspecified atom stereocenters. The highest BCUT2D eigenvalue weighted by molar-refractivity contribution is 5.97. The van der Waals surface area contributed by atoms with E-state index < -0.39 is 0 Å². The number of hydrogen-bond acceptors (Lipinski definition) is 15. The number of nitrogens with one attached hydrogen (secondary N) is 1. The van der Waals surface area contributed by atoms with Gasteiger partial charge in [-0.1, -0.05) is 62.9 Å². The number of nitrogens with zero attached hydrogens (tertiary/aromatic N) is 12. The number of phenolic OH excluding ortho intramolecular Hbond substituents is 2. The lowest BCUT2D eigenvalue weighted by Crippen LogP contribution is -2.55. The predicted molar refractivity (Wildman–Crippen MR) is 298 cm³/mol. The standard InChI is InChI=1S/C59H71N13O5/c1-7-53(75)71-30-29-70(35-44(71)21-23-60)55-46-22-24-69(50-14-10-13-41-12-9-11-39(5)54(41)50)36-49(46)62-59(63-55)77-37-45-20-19-43(66(45)6)34-68-27-25-67(26-28-68)33-40-15-17-42(18-16-40)72-56(64-65-57(72)58(76)61-8-2)48-31-47(38(3)4)51(73)32-52(48)74/h7,9-18,31-32,38,43-45,73-74H,1,8,19-22,24-30,33-37H2,2-6H3,(H,61,76)/t43-,44+,45+/m1/s1. The van der Waals surface area contributed by atoms with E-state index in [0.29, 0.717) is 74.0 Å². The highest BCUT2D eigenvalue weighted by Crippen LogP contribution is 2.39. The van der Waals surface area contributed by atoms with E-state index in [1.807, 2.05) is 32.9 Å². The van der Waals surface area contributed by atoms with Gasteiger partial charge in [-0.2, -0.15) is 15.2 Å². The SMILES string of the molecule is C=CC(=O)N1CCN(c2nc(OC[C@@H]3CC[C@H](CN4CCN(Cc5ccc(-n6c(C(=O)NCC)nnc6-c6cc(C(C)C)c(O)cc6O)cc5)CC4)N3C)nc3c2CCN(c2cccc4cccc(C)c24)C3)C[C@@H]1CC#N. The Bertz CT molecular complexity index is 3180. The quantitative estimate of drug-likeness (QED) is 0.0855. The molecule has 4 aliphatic heterocycles. The highest BCUT2D eigenvalue weighted by atomic mass is 16.5. The summed E-state index contributed by atoms with van der Waals surface area (Å²) < 4.78 is 8.31. The van der Waals surface area contributed by atoms with Crippen LogP contribution in [0.15, 0.2) is 85.5 Å². The minimum Gasteiger partial charge on any atom is -0.508 e. The molecular formula is C59H71N13O5. The number of aromatic nitrogens is 5. The number of carbonyl (C=O) groups excluding carboxylic acids is 2. The van der Waals surface area contributed by atoms with Crippen LogP contribution in [0.3, 0.4) is 0 Å². The fraction of sp³-hybridized carbons (Fsp3) is 0.441. The number of phenols is 2. The summed E-state index contributed by atoms with van der Waals surface area (Å²) in [6.07, 6.45) is 4.38. The maximum Gasteiger partial charge on any atom is 0.318 e. The molecule has 0 saturated carbocycles. The number of aromatic hydroxyl groups is 2. The molecule has 4 aromatic carbocycles. The Hall–Kier alpha value is -7.59. The third-order valence-electron chi connectivity index (χ3n) is 16.2. The van der Waals surface area contributed by atoms with Crippen LogP contribution in [0.5, 0.6) is 17.5 Å². The fourth-order valence-corrected chi connectivity index (χ4v) is 11.9. The van der Waals surface area contributed by atoms with E-state index in [1.165, 1.54) is 34.2 Å². The van der Waals surface area contributed by atoms with Gasteiger partial charge in [-0.25, -0.2) is 0 Å². The molecule has 0 spiro atoms. The minimum absolute atomic E-state index is 0.00311. The first-order valence-corrected chi connectivity index (χ1v) is 27.2. The first-order valence-electron chi connectivity index (χ1n) is 27.2. The van der Waals surface area contributed by atoms with E-state index >= 15 is 0 Å². The summed E-state index contributed by atoms with van der Waals surface area (Å²) in [5.74, 6) is 0.533. The van der Waals surface area contributed by atoms with E-state index in [4.69, 9.17) is 14.7 Å². The molecule has 2 aromatic heterocycles. The Morgan fingerprint density at radius 3 is 2.39 bits per heavy atom. The van der Waals surface area contributed by atoms with Crippen molar-refractivity contribution in [1.29, 1.82) is 5.26 Å². The number of fused-ring (bicyclic) bond motifs is 2. The van der Waals surface area contributed by atoms with Gasteiger partial charge in [0.05, 0.1) is 36.3 Å². The molecule has 10 rings (SSSR count). The Labute approximate surface area is 451 Å². The van der Waals surface area contributed by atoms with Crippen LogP contribution >= 0.6 is 0 Å². The number of rotatable bonds is 16. The number of carbonyl (C=O) groups is 2. The highest BCUT2D eigenvalue weighted by Gasteiger charge is 2.36. The van der Waals surface area contributed by atoms with Gasteiger partial charge in [0, 0.05) is 112 Å². The molecule has 18 heteroatoms. The van der Waals surface area contributed by atoms with Gasteiger partial charge in [-0.3, -0.25) is 28.9 Å². The number of benzene rings is 4. The van der Waals surface area contributed by atoms with Crippen molar-refractivity contribution in [3.63, 3.8) is 0 Å². The third-order valence-corrected chi connectivity index (χ3v) is 16.2. The van der Waals surface area contributed by atoms with Gasteiger partial charge in [0.2, 0.25) is 11.7 Å². The normalized spacial score (nSPS) is 19.4. The number of likely N-dealkylation sites (N-methyl/N-ethyl adjacent to an activating group) is 1. The van der Waals surface area contributed by atoms with Crippen molar-refractivity contribution in [3.8, 4) is 40.7 Å². The number of hydrogen-bond donors (Lipinski definition) is 3. The van der Waals surface area contributed by atoms with Gasteiger partial charge < -0.3 is 35.0 Å². The van der Waals surface area contributed by atoms with Crippen LogP contribution in [-0.4, -0.2) is 164 Å². The number of piperazine rings is 2. The topological polar surface area (TPSA) is 196 Å². The molecule has 77 heavy (non-hydrogen) atoms. The van der Waals surface area contributed by atoms with Crippen LogP contribution in [0.4, 0.5) is 11.5 Å². The van der Waals surface area contributed by atoms with Gasteiger partial charge >= 0.3 is 6.01 Å². The number of aryl methyl sites for hydroxylation is 1. The Morgan fingerprint density at radius 2 is 1.65 bits per heavy atom. The zero-order valence-corrected chi connectivity index (χ0v) is 45.0. The van der Waals surface area contributed by atoms with Crippen molar-refractivity contribution in [2.75, 3.05) is 88.9 Å². The molecule has 6 heterocycles. The van der Waals surface area contributed by atoms with E-state index in [1.54, 1.807) is 15.5 Å². The molecule has 4 aliphatic rings. The minimum atomic E-state index is -0.378. The number of nitriles is 1. The molecule has 0 radical (unpaired) electrons. The zero-order valence-electron chi connectivity index (χ0n) is 45.0. The first-order chi connectivity index (χ1) is 37.3. The Kier molecular flexibility index (Phi) is 15.7. The number of anilines is 2. The summed E-state index contributed by atoms with van der Waals surface area (Å²) >= 11 is 0. The smallest absolute Gasteiger partial charge is 0.318 e. The molecule has 18 nitrogen and oxygen atoms in total. The van der Waals surface area contributed by atoms with E-state index in [2.05, 4.69) is 115 Å². The number of ether oxygens (including phenoxy) is 1. The third kappa shape index (κ3) is 11.0. The molecule has 0 aliphatic carbocycles.